The molecule has 21 heavy (non-hydrogen) atoms. The molecule has 3 N–H and O–H groups in total. The first-order chi connectivity index (χ1) is 9.72. The molecule has 6 nitrogen and oxygen atoms in total. The fraction of sp³-hybridized carbons (Fsp3) is 0.308. The molecule has 0 spiro atoms. The summed E-state index contributed by atoms with van der Waals surface area (Å²) < 4.78 is 5.09. The molecule has 0 aromatic heterocycles. The third-order valence-electron chi connectivity index (χ3n) is 2.49. The van der Waals surface area contributed by atoms with Gasteiger partial charge in [-0.1, -0.05) is 37.0 Å². The van der Waals surface area contributed by atoms with Crippen LogP contribution in [-0.4, -0.2) is 24.0 Å². The second-order valence-corrected chi connectivity index (χ2v) is 5.39. The van der Waals surface area contributed by atoms with Gasteiger partial charge in [0.15, 0.2) is 6.10 Å². The van der Waals surface area contributed by atoms with Crippen molar-refractivity contribution < 1.29 is 19.1 Å². The van der Waals surface area contributed by atoms with Gasteiger partial charge in [-0.15, -0.1) is 0 Å². The van der Waals surface area contributed by atoms with Crippen LogP contribution in [0.3, 0.4) is 0 Å². The highest BCUT2D eigenvalue weighted by molar-refractivity contribution is 6.35. The molecular formula is C13H14Cl2N2O4. The Morgan fingerprint density at radius 1 is 1.24 bits per heavy atom. The Balaban J connectivity index is 2.93. The number of hydrogen-bond donors (Lipinski definition) is 2. The van der Waals surface area contributed by atoms with Crippen molar-refractivity contribution in [3.8, 4) is 0 Å². The van der Waals surface area contributed by atoms with Gasteiger partial charge in [-0.2, -0.15) is 0 Å². The number of imide groups is 1. The molecule has 3 amide bonds. The summed E-state index contributed by atoms with van der Waals surface area (Å²) in [6, 6.07) is 3.26. The number of primary amides is 1. The number of nitrogens with one attached hydrogen (secondary N) is 1. The van der Waals surface area contributed by atoms with Gasteiger partial charge in [-0.3, -0.25) is 10.1 Å². The minimum absolute atomic E-state index is 0.0293. The average molecular weight is 333 g/mol. The largest absolute Gasteiger partial charge is 0.448 e. The number of ether oxygens (including phenoxy) is 1. The van der Waals surface area contributed by atoms with Gasteiger partial charge in [0, 0.05) is 5.02 Å². The fourth-order valence-electron chi connectivity index (χ4n) is 1.52. The van der Waals surface area contributed by atoms with E-state index in [1.54, 1.807) is 13.8 Å². The van der Waals surface area contributed by atoms with Crippen molar-refractivity contribution >= 4 is 41.1 Å². The summed E-state index contributed by atoms with van der Waals surface area (Å²) in [5.74, 6) is -1.99. The number of rotatable bonds is 4. The minimum atomic E-state index is -1.18. The number of urea groups is 1. The molecule has 0 unspecified atom stereocenters. The first-order valence-corrected chi connectivity index (χ1v) is 6.74. The van der Waals surface area contributed by atoms with Crippen molar-refractivity contribution in [3.05, 3.63) is 33.8 Å². The van der Waals surface area contributed by atoms with Crippen molar-refractivity contribution in [1.82, 2.24) is 5.32 Å². The van der Waals surface area contributed by atoms with Crippen LogP contribution in [0.1, 0.15) is 24.2 Å². The van der Waals surface area contributed by atoms with E-state index in [0.29, 0.717) is 5.02 Å². The first kappa shape index (κ1) is 17.3. The van der Waals surface area contributed by atoms with Crippen molar-refractivity contribution in [1.29, 1.82) is 0 Å². The quantitative estimate of drug-likeness (QED) is 0.827. The predicted octanol–water partition coefficient (Wildman–Crippen LogP) is 2.37. The Kier molecular flexibility index (Phi) is 5.99. The summed E-state index contributed by atoms with van der Waals surface area (Å²) in [5, 5.41) is 2.31. The van der Waals surface area contributed by atoms with Gasteiger partial charge in [0.2, 0.25) is 0 Å². The molecule has 0 radical (unpaired) electrons. The highest BCUT2D eigenvalue weighted by Gasteiger charge is 2.28. The molecule has 1 aromatic rings. The normalized spacial score (nSPS) is 11.9. The van der Waals surface area contributed by atoms with Crippen molar-refractivity contribution in [2.45, 2.75) is 20.0 Å². The van der Waals surface area contributed by atoms with Gasteiger partial charge >= 0.3 is 12.0 Å². The molecule has 0 aliphatic rings. The lowest BCUT2D eigenvalue weighted by atomic mass is 10.1. The van der Waals surface area contributed by atoms with Crippen molar-refractivity contribution in [2.24, 2.45) is 11.7 Å². The van der Waals surface area contributed by atoms with E-state index in [4.69, 9.17) is 33.7 Å². The van der Waals surface area contributed by atoms with Crippen LogP contribution in [0.25, 0.3) is 0 Å². The number of hydrogen-bond acceptors (Lipinski definition) is 4. The Morgan fingerprint density at radius 2 is 1.86 bits per heavy atom. The monoisotopic (exact) mass is 332 g/mol. The van der Waals surface area contributed by atoms with Crippen molar-refractivity contribution in [2.75, 3.05) is 0 Å². The summed E-state index contributed by atoms with van der Waals surface area (Å²) in [7, 11) is 0. The number of nitrogens with two attached hydrogens (primary N) is 1. The van der Waals surface area contributed by atoms with Gasteiger partial charge in [0.1, 0.15) is 0 Å². The predicted molar refractivity (Wildman–Crippen MR) is 78.2 cm³/mol. The summed E-state index contributed by atoms with van der Waals surface area (Å²) in [5.41, 5.74) is 4.90. The summed E-state index contributed by atoms with van der Waals surface area (Å²) >= 11 is 11.7. The standard InChI is InChI=1S/C13H14Cl2N2O4/c1-6(2)10(11(18)17-13(16)20)21-12(19)8-5-7(14)3-4-9(8)15/h3-6,10H,1-2H3,(H3,16,17,18,20)/t10-/m0/s1. The van der Waals surface area contributed by atoms with Crippen LogP contribution in [0.15, 0.2) is 18.2 Å². The Hall–Kier alpha value is -1.79. The van der Waals surface area contributed by atoms with Crippen LogP contribution in [0, 0.1) is 5.92 Å². The highest BCUT2D eigenvalue weighted by atomic mass is 35.5. The second-order valence-electron chi connectivity index (χ2n) is 4.55. The summed E-state index contributed by atoms with van der Waals surface area (Å²) in [4.78, 5) is 34.5. The van der Waals surface area contributed by atoms with E-state index in [9.17, 15) is 14.4 Å². The zero-order valence-electron chi connectivity index (χ0n) is 11.4. The van der Waals surface area contributed by atoms with Crippen LogP contribution >= 0.6 is 23.2 Å². The number of amides is 3. The molecule has 1 rings (SSSR count). The average Bonchev–Trinajstić information content (AvgIpc) is 2.37. The molecular weight excluding hydrogens is 319 g/mol. The van der Waals surface area contributed by atoms with Crippen LogP contribution in [0.5, 0.6) is 0 Å². The topological polar surface area (TPSA) is 98.5 Å². The van der Waals surface area contributed by atoms with Gasteiger partial charge in [0.05, 0.1) is 10.6 Å². The number of esters is 1. The van der Waals surface area contributed by atoms with E-state index in [1.807, 2.05) is 5.32 Å². The summed E-state index contributed by atoms with van der Waals surface area (Å²) in [6.07, 6.45) is -1.18. The van der Waals surface area contributed by atoms with Crippen LogP contribution < -0.4 is 11.1 Å². The molecule has 1 aromatic carbocycles. The highest BCUT2D eigenvalue weighted by Crippen LogP contribution is 2.22. The van der Waals surface area contributed by atoms with Crippen LogP contribution in [-0.2, 0) is 9.53 Å². The number of benzene rings is 1. The maximum atomic E-state index is 12.1. The first-order valence-electron chi connectivity index (χ1n) is 5.98. The van der Waals surface area contributed by atoms with E-state index >= 15 is 0 Å². The molecule has 0 bridgehead atoms. The smallest absolute Gasteiger partial charge is 0.340 e. The third-order valence-corrected chi connectivity index (χ3v) is 3.06. The zero-order chi connectivity index (χ0) is 16.2. The van der Waals surface area contributed by atoms with E-state index in [1.165, 1.54) is 18.2 Å². The lowest BCUT2D eigenvalue weighted by Gasteiger charge is -2.20. The molecule has 0 fully saturated rings. The van der Waals surface area contributed by atoms with Crippen molar-refractivity contribution in [3.63, 3.8) is 0 Å². The number of halogens is 2. The maximum absolute atomic E-state index is 12.1. The Labute approximate surface area is 131 Å². The van der Waals surface area contributed by atoms with E-state index in [2.05, 4.69) is 0 Å². The number of carbonyl (C=O) groups excluding carboxylic acids is 3. The maximum Gasteiger partial charge on any atom is 0.340 e. The fourth-order valence-corrected chi connectivity index (χ4v) is 1.88. The van der Waals surface area contributed by atoms with E-state index < -0.39 is 24.0 Å². The molecule has 0 saturated heterocycles. The van der Waals surface area contributed by atoms with Gasteiger partial charge in [0.25, 0.3) is 5.91 Å². The van der Waals surface area contributed by atoms with Crippen LogP contribution in [0.2, 0.25) is 10.0 Å². The lowest BCUT2D eigenvalue weighted by molar-refractivity contribution is -0.130. The number of carbonyl (C=O) groups is 3. The van der Waals surface area contributed by atoms with E-state index in [0.717, 1.165) is 0 Å². The SMILES string of the molecule is CC(C)[C@H](OC(=O)c1cc(Cl)ccc1Cl)C(=O)NC(N)=O. The molecule has 0 aliphatic heterocycles. The Morgan fingerprint density at radius 3 is 2.38 bits per heavy atom. The molecule has 0 heterocycles. The van der Waals surface area contributed by atoms with Gasteiger partial charge in [-0.25, -0.2) is 9.59 Å². The third kappa shape index (κ3) is 4.91. The lowest BCUT2D eigenvalue weighted by Crippen LogP contribution is -2.45. The minimum Gasteiger partial charge on any atom is -0.448 e. The Bertz CT molecular complexity index is 575. The van der Waals surface area contributed by atoms with E-state index in [-0.39, 0.29) is 16.5 Å². The second kappa shape index (κ2) is 7.28. The summed E-state index contributed by atoms with van der Waals surface area (Å²) in [6.45, 7) is 3.30. The van der Waals surface area contributed by atoms with Gasteiger partial charge < -0.3 is 10.5 Å². The molecule has 0 saturated carbocycles. The van der Waals surface area contributed by atoms with Gasteiger partial charge in [-0.05, 0) is 24.1 Å². The molecule has 114 valence electrons. The molecule has 0 aliphatic carbocycles. The molecule has 8 heteroatoms. The van der Waals surface area contributed by atoms with Crippen LogP contribution in [0.4, 0.5) is 4.79 Å². The zero-order valence-corrected chi connectivity index (χ0v) is 12.9. The molecule has 1 atom stereocenters.